The third kappa shape index (κ3) is 4.75. The minimum Gasteiger partial charge on any atom is -0.508 e. The molecule has 4 nitrogen and oxygen atoms in total. The van der Waals surface area contributed by atoms with Gasteiger partial charge in [0.1, 0.15) is 11.4 Å². The lowest BCUT2D eigenvalue weighted by Gasteiger charge is -2.23. The van der Waals surface area contributed by atoms with Gasteiger partial charge >= 0.3 is 5.97 Å². The summed E-state index contributed by atoms with van der Waals surface area (Å²) in [6, 6.07) is 6.75. The fraction of sp³-hybridized carbons (Fsp3) is 0.500. The third-order valence-corrected chi connectivity index (χ3v) is 2.44. The molecular formula is C14H21NO3. The lowest BCUT2D eigenvalue weighted by molar-refractivity contribution is -0.159. The van der Waals surface area contributed by atoms with Gasteiger partial charge in [0.15, 0.2) is 0 Å². The Hall–Kier alpha value is -1.55. The van der Waals surface area contributed by atoms with Crippen LogP contribution in [0.15, 0.2) is 24.3 Å². The second kappa shape index (κ2) is 5.87. The van der Waals surface area contributed by atoms with Crippen LogP contribution in [-0.2, 0) is 16.0 Å². The average molecular weight is 251 g/mol. The molecule has 1 atom stereocenters. The molecule has 0 aromatic heterocycles. The molecule has 0 amide bonds. The fourth-order valence-corrected chi connectivity index (χ4v) is 1.56. The van der Waals surface area contributed by atoms with Crippen molar-refractivity contribution in [3.05, 3.63) is 29.8 Å². The van der Waals surface area contributed by atoms with Gasteiger partial charge in [0, 0.05) is 6.54 Å². The van der Waals surface area contributed by atoms with E-state index in [1.165, 1.54) is 0 Å². The molecule has 3 N–H and O–H groups in total. The van der Waals surface area contributed by atoms with Crippen LogP contribution in [-0.4, -0.2) is 23.2 Å². The molecule has 0 saturated heterocycles. The predicted octanol–water partition coefficient (Wildman–Crippen LogP) is 1.85. The Kier molecular flexibility index (Phi) is 4.73. The molecule has 0 spiro atoms. The molecule has 0 radical (unpaired) electrons. The van der Waals surface area contributed by atoms with Gasteiger partial charge in [-0.15, -0.1) is 0 Å². The molecule has 0 saturated carbocycles. The molecule has 4 heteroatoms. The van der Waals surface area contributed by atoms with Crippen LogP contribution >= 0.6 is 0 Å². The zero-order valence-electron chi connectivity index (χ0n) is 11.1. The van der Waals surface area contributed by atoms with E-state index in [1.54, 1.807) is 24.3 Å². The third-order valence-electron chi connectivity index (χ3n) is 2.44. The van der Waals surface area contributed by atoms with Gasteiger partial charge < -0.3 is 15.6 Å². The standard InChI is InChI=1S/C14H21NO3/c1-14(2,3)18-13(17)11(9-15)8-10-4-6-12(16)7-5-10/h4-7,11,16H,8-9,15H2,1-3H3. The van der Waals surface area contributed by atoms with Crippen LogP contribution < -0.4 is 5.73 Å². The number of benzene rings is 1. The van der Waals surface area contributed by atoms with Crippen LogP contribution in [0.1, 0.15) is 26.3 Å². The maximum Gasteiger partial charge on any atom is 0.311 e. The predicted molar refractivity (Wildman–Crippen MR) is 70.2 cm³/mol. The SMILES string of the molecule is CC(C)(C)OC(=O)C(CN)Cc1ccc(O)cc1. The van der Waals surface area contributed by atoms with Crippen molar-refractivity contribution >= 4 is 5.97 Å². The molecule has 0 aliphatic heterocycles. The normalized spacial score (nSPS) is 13.1. The summed E-state index contributed by atoms with van der Waals surface area (Å²) in [5, 5.41) is 9.19. The van der Waals surface area contributed by atoms with E-state index in [-0.39, 0.29) is 24.2 Å². The number of phenols is 1. The Balaban J connectivity index is 2.67. The van der Waals surface area contributed by atoms with Crippen LogP contribution in [0.25, 0.3) is 0 Å². The number of ether oxygens (including phenoxy) is 1. The van der Waals surface area contributed by atoms with E-state index in [0.717, 1.165) is 5.56 Å². The highest BCUT2D eigenvalue weighted by Crippen LogP contribution is 2.16. The van der Waals surface area contributed by atoms with Gasteiger partial charge in [-0.25, -0.2) is 0 Å². The Morgan fingerprint density at radius 1 is 1.33 bits per heavy atom. The second-order valence-corrected chi connectivity index (χ2v) is 5.34. The highest BCUT2D eigenvalue weighted by atomic mass is 16.6. The summed E-state index contributed by atoms with van der Waals surface area (Å²) >= 11 is 0. The molecule has 0 heterocycles. The molecule has 1 aromatic carbocycles. The first kappa shape index (κ1) is 14.5. The van der Waals surface area contributed by atoms with Crippen molar-refractivity contribution in [3.63, 3.8) is 0 Å². The summed E-state index contributed by atoms with van der Waals surface area (Å²) in [6.45, 7) is 5.74. The number of rotatable bonds is 4. The Morgan fingerprint density at radius 2 is 1.89 bits per heavy atom. The van der Waals surface area contributed by atoms with Crippen molar-refractivity contribution in [1.29, 1.82) is 0 Å². The summed E-state index contributed by atoms with van der Waals surface area (Å²) in [5.41, 5.74) is 6.07. The van der Waals surface area contributed by atoms with E-state index >= 15 is 0 Å². The molecule has 0 bridgehead atoms. The van der Waals surface area contributed by atoms with E-state index in [9.17, 15) is 9.90 Å². The first-order valence-corrected chi connectivity index (χ1v) is 6.02. The van der Waals surface area contributed by atoms with Crippen LogP contribution in [0.3, 0.4) is 0 Å². The maximum atomic E-state index is 11.9. The molecule has 1 aromatic rings. The van der Waals surface area contributed by atoms with Crippen molar-refractivity contribution in [1.82, 2.24) is 0 Å². The second-order valence-electron chi connectivity index (χ2n) is 5.34. The Bertz CT molecular complexity index is 392. The number of phenolic OH excluding ortho intramolecular Hbond substituents is 1. The zero-order chi connectivity index (χ0) is 13.8. The number of hydrogen-bond donors (Lipinski definition) is 2. The molecular weight excluding hydrogens is 230 g/mol. The first-order valence-electron chi connectivity index (χ1n) is 6.02. The maximum absolute atomic E-state index is 11.9. The number of carbonyl (C=O) groups is 1. The number of aromatic hydroxyl groups is 1. The van der Waals surface area contributed by atoms with E-state index in [1.807, 2.05) is 20.8 Å². The minimum atomic E-state index is -0.501. The van der Waals surface area contributed by atoms with E-state index in [4.69, 9.17) is 10.5 Å². The number of carbonyl (C=O) groups excluding carboxylic acids is 1. The zero-order valence-corrected chi connectivity index (χ0v) is 11.1. The van der Waals surface area contributed by atoms with Crippen LogP contribution in [0.2, 0.25) is 0 Å². The van der Waals surface area contributed by atoms with Gasteiger partial charge in [-0.1, -0.05) is 12.1 Å². The van der Waals surface area contributed by atoms with Crippen molar-refractivity contribution < 1.29 is 14.6 Å². The quantitative estimate of drug-likeness (QED) is 0.801. The summed E-state index contributed by atoms with van der Waals surface area (Å²) < 4.78 is 5.32. The summed E-state index contributed by atoms with van der Waals surface area (Å²) in [7, 11) is 0. The Labute approximate surface area is 108 Å². The molecule has 18 heavy (non-hydrogen) atoms. The largest absolute Gasteiger partial charge is 0.508 e. The van der Waals surface area contributed by atoms with E-state index in [2.05, 4.69) is 0 Å². The van der Waals surface area contributed by atoms with Crippen molar-refractivity contribution in [2.45, 2.75) is 32.8 Å². The van der Waals surface area contributed by atoms with Crippen LogP contribution in [0.5, 0.6) is 5.75 Å². The Morgan fingerprint density at radius 3 is 2.33 bits per heavy atom. The van der Waals surface area contributed by atoms with Gasteiger partial charge in [0.2, 0.25) is 0 Å². The summed E-state index contributed by atoms with van der Waals surface area (Å²) in [5.74, 6) is -0.424. The van der Waals surface area contributed by atoms with Gasteiger partial charge in [-0.05, 0) is 44.9 Å². The number of hydrogen-bond acceptors (Lipinski definition) is 4. The molecule has 0 aliphatic rings. The molecule has 100 valence electrons. The smallest absolute Gasteiger partial charge is 0.311 e. The molecule has 0 aliphatic carbocycles. The number of nitrogens with two attached hydrogens (primary N) is 1. The minimum absolute atomic E-state index is 0.209. The average Bonchev–Trinajstić information content (AvgIpc) is 2.25. The highest BCUT2D eigenvalue weighted by Gasteiger charge is 2.24. The van der Waals surface area contributed by atoms with Gasteiger partial charge in [0.25, 0.3) is 0 Å². The van der Waals surface area contributed by atoms with Crippen molar-refractivity contribution in [3.8, 4) is 5.75 Å². The van der Waals surface area contributed by atoms with E-state index < -0.39 is 5.60 Å². The lowest BCUT2D eigenvalue weighted by Crippen LogP contribution is -2.33. The summed E-state index contributed by atoms with van der Waals surface area (Å²) in [6.07, 6.45) is 0.520. The monoisotopic (exact) mass is 251 g/mol. The lowest BCUT2D eigenvalue weighted by atomic mass is 9.99. The van der Waals surface area contributed by atoms with Crippen molar-refractivity contribution in [2.75, 3.05) is 6.54 Å². The van der Waals surface area contributed by atoms with Gasteiger partial charge in [0.05, 0.1) is 5.92 Å². The van der Waals surface area contributed by atoms with Crippen LogP contribution in [0.4, 0.5) is 0 Å². The molecule has 1 rings (SSSR count). The van der Waals surface area contributed by atoms with E-state index in [0.29, 0.717) is 6.42 Å². The van der Waals surface area contributed by atoms with Gasteiger partial charge in [-0.2, -0.15) is 0 Å². The fourth-order valence-electron chi connectivity index (χ4n) is 1.56. The highest BCUT2D eigenvalue weighted by molar-refractivity contribution is 5.73. The first-order chi connectivity index (χ1) is 8.31. The summed E-state index contributed by atoms with van der Waals surface area (Å²) in [4.78, 5) is 11.9. The van der Waals surface area contributed by atoms with Gasteiger partial charge in [-0.3, -0.25) is 4.79 Å². The molecule has 0 fully saturated rings. The topological polar surface area (TPSA) is 72.5 Å². The number of esters is 1. The molecule has 1 unspecified atom stereocenters. The van der Waals surface area contributed by atoms with Crippen molar-refractivity contribution in [2.24, 2.45) is 11.7 Å². The van der Waals surface area contributed by atoms with Crippen LogP contribution in [0, 0.1) is 5.92 Å².